The lowest BCUT2D eigenvalue weighted by atomic mass is 9.97. The molecule has 5 nitrogen and oxygen atoms in total. The zero-order valence-electron chi connectivity index (χ0n) is 15.0. The third-order valence-electron chi connectivity index (χ3n) is 5.45. The number of carbonyl (C=O) groups excluding carboxylic acids is 1. The monoisotopic (exact) mass is 323 g/mol. The van der Waals surface area contributed by atoms with Crippen molar-refractivity contribution in [2.24, 2.45) is 5.92 Å². The van der Waals surface area contributed by atoms with Crippen LogP contribution in [0.3, 0.4) is 0 Å². The number of rotatable bonds is 3. The molecule has 3 fully saturated rings. The van der Waals surface area contributed by atoms with E-state index in [1.54, 1.807) is 0 Å². The smallest absolute Gasteiger partial charge is 0.410 e. The molecule has 0 radical (unpaired) electrons. The van der Waals surface area contributed by atoms with E-state index in [1.807, 2.05) is 25.7 Å². The number of carbonyl (C=O) groups is 1. The van der Waals surface area contributed by atoms with Gasteiger partial charge >= 0.3 is 6.09 Å². The van der Waals surface area contributed by atoms with Gasteiger partial charge in [0.15, 0.2) is 0 Å². The van der Waals surface area contributed by atoms with Crippen LogP contribution in [0.5, 0.6) is 0 Å². The van der Waals surface area contributed by atoms with Gasteiger partial charge in [-0.1, -0.05) is 0 Å². The van der Waals surface area contributed by atoms with Crippen molar-refractivity contribution in [3.05, 3.63) is 0 Å². The highest BCUT2D eigenvalue weighted by molar-refractivity contribution is 5.68. The molecule has 0 aromatic carbocycles. The van der Waals surface area contributed by atoms with Gasteiger partial charge in [0, 0.05) is 25.2 Å². The molecule has 3 rings (SSSR count). The van der Waals surface area contributed by atoms with Gasteiger partial charge in [-0.25, -0.2) is 4.79 Å². The minimum absolute atomic E-state index is 0.153. The van der Waals surface area contributed by atoms with Gasteiger partial charge in [0.25, 0.3) is 0 Å². The van der Waals surface area contributed by atoms with E-state index in [0.717, 1.165) is 32.1 Å². The normalized spacial score (nSPS) is 32.1. The third kappa shape index (κ3) is 4.60. The summed E-state index contributed by atoms with van der Waals surface area (Å²) in [5.74, 6) is 0.573. The van der Waals surface area contributed by atoms with Crippen LogP contribution in [0.25, 0.3) is 0 Å². The first kappa shape index (κ1) is 17.0. The Labute approximate surface area is 140 Å². The van der Waals surface area contributed by atoms with Crippen LogP contribution in [-0.2, 0) is 4.74 Å². The molecule has 0 aromatic heterocycles. The van der Waals surface area contributed by atoms with Crippen molar-refractivity contribution >= 4 is 6.09 Å². The van der Waals surface area contributed by atoms with E-state index in [-0.39, 0.29) is 6.09 Å². The summed E-state index contributed by atoms with van der Waals surface area (Å²) in [7, 11) is 0. The molecule has 3 aliphatic heterocycles. The first-order chi connectivity index (χ1) is 10.9. The second-order valence-electron chi connectivity index (χ2n) is 8.54. The van der Waals surface area contributed by atoms with Crippen LogP contribution in [0, 0.1) is 5.92 Å². The van der Waals surface area contributed by atoms with Crippen molar-refractivity contribution in [2.45, 2.75) is 70.6 Å². The Morgan fingerprint density at radius 2 is 2.00 bits per heavy atom. The predicted octanol–water partition coefficient (Wildman–Crippen LogP) is 2.46. The average Bonchev–Trinajstić information content (AvgIpc) is 3.12. The second kappa shape index (κ2) is 6.98. The van der Waals surface area contributed by atoms with E-state index in [1.165, 1.54) is 38.8 Å². The van der Waals surface area contributed by atoms with E-state index in [2.05, 4.69) is 10.2 Å². The molecule has 0 bridgehead atoms. The van der Waals surface area contributed by atoms with E-state index in [9.17, 15) is 4.79 Å². The first-order valence-electron chi connectivity index (χ1n) is 9.36. The maximum Gasteiger partial charge on any atom is 0.410 e. The Morgan fingerprint density at radius 3 is 2.78 bits per heavy atom. The van der Waals surface area contributed by atoms with Crippen LogP contribution in [0.2, 0.25) is 0 Å². The standard InChI is InChI=1S/C18H33N3O2/c1-18(2,3)23-17(22)21-9-6-14(13-21)12-19-15-7-10-20-8-4-5-16(20)11-15/h14-16,19H,4-13H2,1-3H3. The van der Waals surface area contributed by atoms with Crippen LogP contribution < -0.4 is 5.32 Å². The maximum absolute atomic E-state index is 12.1. The quantitative estimate of drug-likeness (QED) is 0.866. The molecule has 3 atom stereocenters. The van der Waals surface area contributed by atoms with Crippen LogP contribution in [0.1, 0.15) is 52.9 Å². The third-order valence-corrected chi connectivity index (χ3v) is 5.45. The SMILES string of the molecule is CC(C)(C)OC(=O)N1CCC(CNC2CCN3CCCC3C2)C1. The zero-order chi connectivity index (χ0) is 16.4. The number of likely N-dealkylation sites (tertiary alicyclic amines) is 1. The van der Waals surface area contributed by atoms with Gasteiger partial charge < -0.3 is 19.9 Å². The fourth-order valence-electron chi connectivity index (χ4n) is 4.23. The molecule has 1 amide bonds. The van der Waals surface area contributed by atoms with E-state index in [0.29, 0.717) is 12.0 Å². The number of hydrogen-bond acceptors (Lipinski definition) is 4. The molecule has 1 N–H and O–H groups in total. The van der Waals surface area contributed by atoms with Crippen LogP contribution in [-0.4, -0.2) is 66.3 Å². The fraction of sp³-hybridized carbons (Fsp3) is 0.944. The lowest BCUT2D eigenvalue weighted by Gasteiger charge is -2.35. The summed E-state index contributed by atoms with van der Waals surface area (Å²) in [6.07, 6.45) is 6.29. The van der Waals surface area contributed by atoms with Crippen molar-refractivity contribution in [1.82, 2.24) is 15.1 Å². The van der Waals surface area contributed by atoms with Crippen molar-refractivity contribution in [3.8, 4) is 0 Å². The van der Waals surface area contributed by atoms with Gasteiger partial charge in [-0.15, -0.1) is 0 Å². The van der Waals surface area contributed by atoms with Crippen molar-refractivity contribution in [2.75, 3.05) is 32.7 Å². The molecule has 0 aliphatic carbocycles. The number of nitrogens with zero attached hydrogens (tertiary/aromatic N) is 2. The minimum Gasteiger partial charge on any atom is -0.444 e. The molecule has 0 saturated carbocycles. The highest BCUT2D eigenvalue weighted by Crippen LogP contribution is 2.27. The minimum atomic E-state index is -0.400. The molecule has 3 unspecified atom stereocenters. The molecule has 0 aromatic rings. The van der Waals surface area contributed by atoms with Crippen LogP contribution in [0.4, 0.5) is 4.79 Å². The molecule has 5 heteroatoms. The number of amides is 1. The summed E-state index contributed by atoms with van der Waals surface area (Å²) >= 11 is 0. The number of hydrogen-bond donors (Lipinski definition) is 1. The summed E-state index contributed by atoms with van der Waals surface area (Å²) in [5, 5.41) is 3.78. The van der Waals surface area contributed by atoms with Crippen molar-refractivity contribution < 1.29 is 9.53 Å². The highest BCUT2D eigenvalue weighted by atomic mass is 16.6. The van der Waals surface area contributed by atoms with Crippen LogP contribution >= 0.6 is 0 Å². The Bertz CT molecular complexity index is 421. The Morgan fingerprint density at radius 1 is 1.17 bits per heavy atom. The van der Waals surface area contributed by atoms with E-state index in [4.69, 9.17) is 4.74 Å². The Hall–Kier alpha value is -0.810. The van der Waals surface area contributed by atoms with E-state index < -0.39 is 5.60 Å². The van der Waals surface area contributed by atoms with Gasteiger partial charge in [-0.3, -0.25) is 0 Å². The summed E-state index contributed by atoms with van der Waals surface area (Å²) in [4.78, 5) is 16.7. The largest absolute Gasteiger partial charge is 0.444 e. The molecule has 3 saturated heterocycles. The first-order valence-corrected chi connectivity index (χ1v) is 9.36. The number of nitrogens with one attached hydrogen (secondary N) is 1. The average molecular weight is 323 g/mol. The molecule has 23 heavy (non-hydrogen) atoms. The summed E-state index contributed by atoms with van der Waals surface area (Å²) < 4.78 is 5.47. The van der Waals surface area contributed by atoms with Crippen LogP contribution in [0.15, 0.2) is 0 Å². The van der Waals surface area contributed by atoms with Gasteiger partial charge in [0.2, 0.25) is 0 Å². The molecule has 0 spiro atoms. The second-order valence-corrected chi connectivity index (χ2v) is 8.54. The van der Waals surface area contributed by atoms with Crippen molar-refractivity contribution in [1.29, 1.82) is 0 Å². The molecule has 3 heterocycles. The van der Waals surface area contributed by atoms with E-state index >= 15 is 0 Å². The Kier molecular flexibility index (Phi) is 5.16. The molecular formula is C18H33N3O2. The Balaban J connectivity index is 1.38. The number of ether oxygens (including phenoxy) is 1. The summed E-state index contributed by atoms with van der Waals surface area (Å²) in [6.45, 7) is 11.1. The topological polar surface area (TPSA) is 44.8 Å². The van der Waals surface area contributed by atoms with Crippen molar-refractivity contribution in [3.63, 3.8) is 0 Å². The molecule has 132 valence electrons. The van der Waals surface area contributed by atoms with Gasteiger partial charge in [-0.05, 0) is 78.4 Å². The summed E-state index contributed by atoms with van der Waals surface area (Å²) in [5.41, 5.74) is -0.400. The predicted molar refractivity (Wildman–Crippen MR) is 91.5 cm³/mol. The van der Waals surface area contributed by atoms with Gasteiger partial charge in [-0.2, -0.15) is 0 Å². The fourth-order valence-corrected chi connectivity index (χ4v) is 4.23. The highest BCUT2D eigenvalue weighted by Gasteiger charge is 2.33. The lowest BCUT2D eigenvalue weighted by molar-refractivity contribution is 0.0288. The van der Waals surface area contributed by atoms with Gasteiger partial charge in [0.1, 0.15) is 5.60 Å². The zero-order valence-corrected chi connectivity index (χ0v) is 15.0. The number of fused-ring (bicyclic) bond motifs is 1. The number of piperidine rings is 1. The maximum atomic E-state index is 12.1. The summed E-state index contributed by atoms with van der Waals surface area (Å²) in [6, 6.07) is 1.49. The molecule has 3 aliphatic rings. The molecular weight excluding hydrogens is 290 g/mol. The lowest BCUT2D eigenvalue weighted by Crippen LogP contribution is -2.46. The van der Waals surface area contributed by atoms with Gasteiger partial charge in [0.05, 0.1) is 0 Å².